The molecule has 3 aliphatic rings. The van der Waals surface area contributed by atoms with Crippen LogP contribution in [0.2, 0.25) is 0 Å². The molecule has 2 aromatic heterocycles. The van der Waals surface area contributed by atoms with Gasteiger partial charge in [0, 0.05) is 52.2 Å². The van der Waals surface area contributed by atoms with Crippen LogP contribution >= 0.6 is 0 Å². The Kier molecular flexibility index (Phi) is 4.60. The molecule has 2 aromatic rings. The van der Waals surface area contributed by atoms with Crippen LogP contribution in [0.4, 0.5) is 5.82 Å². The summed E-state index contributed by atoms with van der Waals surface area (Å²) in [6, 6.07) is 0.358. The lowest BCUT2D eigenvalue weighted by atomic mass is 10.1. The van der Waals surface area contributed by atoms with Crippen molar-refractivity contribution in [2.24, 2.45) is 13.0 Å². The topological polar surface area (TPSA) is 87.5 Å². The standard InChI is InChI=1S/C20H27N7O2/c1-24-18-16(11-23-24)19(22-13-21-18)25-6-8-26(9-7-25)20(29)14-10-17(28)27(12-14)15-4-2-3-5-15/h11,13-15H,2-10,12H2,1H3. The summed E-state index contributed by atoms with van der Waals surface area (Å²) in [6.07, 6.45) is 8.31. The molecule has 9 heteroatoms. The molecule has 2 aliphatic heterocycles. The van der Waals surface area contributed by atoms with E-state index < -0.39 is 0 Å². The van der Waals surface area contributed by atoms with Crippen LogP contribution in [0.1, 0.15) is 32.1 Å². The number of rotatable bonds is 3. The quantitative estimate of drug-likeness (QED) is 0.762. The van der Waals surface area contributed by atoms with E-state index in [9.17, 15) is 9.59 Å². The molecule has 1 atom stereocenters. The molecule has 1 aliphatic carbocycles. The molecule has 0 spiro atoms. The molecule has 2 amide bonds. The molecule has 154 valence electrons. The number of piperazine rings is 1. The highest BCUT2D eigenvalue weighted by Gasteiger charge is 2.40. The van der Waals surface area contributed by atoms with E-state index >= 15 is 0 Å². The Morgan fingerprint density at radius 3 is 2.62 bits per heavy atom. The highest BCUT2D eigenvalue weighted by Crippen LogP contribution is 2.30. The highest BCUT2D eigenvalue weighted by molar-refractivity contribution is 5.90. The number of likely N-dealkylation sites (tertiary alicyclic amines) is 1. The average Bonchev–Trinajstić information content (AvgIpc) is 3.48. The van der Waals surface area contributed by atoms with Gasteiger partial charge >= 0.3 is 0 Å². The third-order valence-electron chi connectivity index (χ3n) is 6.67. The number of amides is 2. The summed E-state index contributed by atoms with van der Waals surface area (Å²) in [5.74, 6) is 0.985. The van der Waals surface area contributed by atoms with Crippen LogP contribution in [-0.2, 0) is 16.6 Å². The monoisotopic (exact) mass is 397 g/mol. The highest BCUT2D eigenvalue weighted by atomic mass is 16.2. The Labute approximate surface area is 169 Å². The number of carbonyl (C=O) groups excluding carboxylic acids is 2. The average molecular weight is 397 g/mol. The van der Waals surface area contributed by atoms with Crippen LogP contribution in [0.3, 0.4) is 0 Å². The van der Waals surface area contributed by atoms with Crippen molar-refractivity contribution in [3.8, 4) is 0 Å². The Morgan fingerprint density at radius 1 is 1.10 bits per heavy atom. The molecule has 29 heavy (non-hydrogen) atoms. The van der Waals surface area contributed by atoms with Crippen LogP contribution in [0, 0.1) is 5.92 Å². The molecule has 0 aromatic carbocycles. The molecule has 1 unspecified atom stereocenters. The first-order valence-electron chi connectivity index (χ1n) is 10.6. The van der Waals surface area contributed by atoms with Crippen molar-refractivity contribution < 1.29 is 9.59 Å². The van der Waals surface area contributed by atoms with E-state index in [4.69, 9.17) is 0 Å². The Bertz CT molecular complexity index is 928. The van der Waals surface area contributed by atoms with E-state index in [1.165, 1.54) is 12.8 Å². The van der Waals surface area contributed by atoms with E-state index in [0.717, 1.165) is 42.8 Å². The van der Waals surface area contributed by atoms with Crippen LogP contribution in [0.5, 0.6) is 0 Å². The number of carbonyl (C=O) groups is 2. The molecular weight excluding hydrogens is 370 g/mol. The van der Waals surface area contributed by atoms with Gasteiger partial charge in [-0.25, -0.2) is 9.97 Å². The lowest BCUT2D eigenvalue weighted by Gasteiger charge is -2.36. The largest absolute Gasteiger partial charge is 0.352 e. The minimum Gasteiger partial charge on any atom is -0.352 e. The summed E-state index contributed by atoms with van der Waals surface area (Å²) in [7, 11) is 1.87. The van der Waals surface area contributed by atoms with Crippen LogP contribution in [-0.4, -0.2) is 80.1 Å². The molecular formula is C20H27N7O2. The first-order valence-corrected chi connectivity index (χ1v) is 10.6. The fraction of sp³-hybridized carbons (Fsp3) is 0.650. The first-order chi connectivity index (χ1) is 14.1. The van der Waals surface area contributed by atoms with Crippen molar-refractivity contribution >= 4 is 28.7 Å². The maximum Gasteiger partial charge on any atom is 0.228 e. The number of nitrogens with zero attached hydrogens (tertiary/aromatic N) is 7. The maximum atomic E-state index is 13.1. The second-order valence-electron chi connectivity index (χ2n) is 8.40. The SMILES string of the molecule is Cn1ncc2c(N3CCN(C(=O)C4CC(=O)N(C5CCCC5)C4)CC3)ncnc21. The molecule has 3 fully saturated rings. The Hall–Kier alpha value is -2.71. The molecule has 0 N–H and O–H groups in total. The molecule has 1 saturated carbocycles. The van der Waals surface area contributed by atoms with E-state index in [-0.39, 0.29) is 17.7 Å². The summed E-state index contributed by atoms with van der Waals surface area (Å²) in [6.45, 7) is 3.35. The molecule has 2 saturated heterocycles. The second kappa shape index (κ2) is 7.27. The zero-order chi connectivity index (χ0) is 20.0. The smallest absolute Gasteiger partial charge is 0.228 e. The van der Waals surface area contributed by atoms with Crippen LogP contribution < -0.4 is 4.90 Å². The van der Waals surface area contributed by atoms with Gasteiger partial charge in [-0.05, 0) is 12.8 Å². The van der Waals surface area contributed by atoms with Crippen LogP contribution in [0.25, 0.3) is 11.0 Å². The van der Waals surface area contributed by atoms with Gasteiger partial charge in [0.05, 0.1) is 17.5 Å². The second-order valence-corrected chi connectivity index (χ2v) is 8.40. The van der Waals surface area contributed by atoms with Gasteiger partial charge in [0.25, 0.3) is 0 Å². The van der Waals surface area contributed by atoms with Crippen molar-refractivity contribution in [1.82, 2.24) is 29.5 Å². The van der Waals surface area contributed by atoms with Gasteiger partial charge in [-0.15, -0.1) is 0 Å². The molecule has 9 nitrogen and oxygen atoms in total. The predicted octanol–water partition coefficient (Wildman–Crippen LogP) is 0.803. The van der Waals surface area contributed by atoms with Crippen molar-refractivity contribution in [2.45, 2.75) is 38.1 Å². The third kappa shape index (κ3) is 3.22. The number of hydrogen-bond donors (Lipinski definition) is 0. The predicted molar refractivity (Wildman–Crippen MR) is 107 cm³/mol. The minimum atomic E-state index is -0.182. The summed E-state index contributed by atoms with van der Waals surface area (Å²) < 4.78 is 1.74. The summed E-state index contributed by atoms with van der Waals surface area (Å²) in [5, 5.41) is 5.21. The minimum absolute atomic E-state index is 0.132. The fourth-order valence-electron chi connectivity index (χ4n) is 5.06. The zero-order valence-electron chi connectivity index (χ0n) is 16.8. The van der Waals surface area contributed by atoms with Crippen molar-refractivity contribution in [3.63, 3.8) is 0 Å². The van der Waals surface area contributed by atoms with E-state index in [1.807, 2.05) is 16.8 Å². The number of aryl methyl sites for hydroxylation is 1. The summed E-state index contributed by atoms with van der Waals surface area (Å²) in [4.78, 5) is 40.4. The molecule has 0 radical (unpaired) electrons. The third-order valence-corrected chi connectivity index (χ3v) is 6.67. The lowest BCUT2D eigenvalue weighted by Crippen LogP contribution is -2.51. The number of hydrogen-bond acceptors (Lipinski definition) is 6. The molecule has 4 heterocycles. The van der Waals surface area contributed by atoms with Crippen molar-refractivity contribution in [3.05, 3.63) is 12.5 Å². The van der Waals surface area contributed by atoms with Crippen molar-refractivity contribution in [1.29, 1.82) is 0 Å². The number of anilines is 1. The zero-order valence-corrected chi connectivity index (χ0v) is 16.8. The normalized spacial score (nSPS) is 23.6. The fourth-order valence-corrected chi connectivity index (χ4v) is 5.06. The van der Waals surface area contributed by atoms with E-state index in [2.05, 4.69) is 20.0 Å². The van der Waals surface area contributed by atoms with E-state index in [0.29, 0.717) is 32.1 Å². The lowest BCUT2D eigenvalue weighted by molar-refractivity contribution is -0.136. The first kappa shape index (κ1) is 18.3. The Balaban J connectivity index is 1.22. The number of fused-ring (bicyclic) bond motifs is 1. The summed E-state index contributed by atoms with van der Waals surface area (Å²) in [5.41, 5.74) is 0.810. The van der Waals surface area contributed by atoms with E-state index in [1.54, 1.807) is 17.2 Å². The van der Waals surface area contributed by atoms with Gasteiger partial charge in [-0.2, -0.15) is 5.10 Å². The maximum absolute atomic E-state index is 13.1. The van der Waals surface area contributed by atoms with Gasteiger partial charge < -0.3 is 14.7 Å². The van der Waals surface area contributed by atoms with Crippen molar-refractivity contribution in [2.75, 3.05) is 37.6 Å². The van der Waals surface area contributed by atoms with Gasteiger partial charge in [0.2, 0.25) is 11.8 Å². The summed E-state index contributed by atoms with van der Waals surface area (Å²) >= 11 is 0. The number of aromatic nitrogens is 4. The Morgan fingerprint density at radius 2 is 1.86 bits per heavy atom. The van der Waals surface area contributed by atoms with Gasteiger partial charge in [0.1, 0.15) is 12.1 Å². The molecule has 5 rings (SSSR count). The van der Waals surface area contributed by atoms with Crippen LogP contribution in [0.15, 0.2) is 12.5 Å². The van der Waals surface area contributed by atoms with Gasteiger partial charge in [-0.1, -0.05) is 12.8 Å². The molecule has 0 bridgehead atoms. The van der Waals surface area contributed by atoms with Gasteiger partial charge in [0.15, 0.2) is 5.65 Å². The van der Waals surface area contributed by atoms with Gasteiger partial charge in [-0.3, -0.25) is 14.3 Å².